The van der Waals surface area contributed by atoms with Crippen LogP contribution >= 0.6 is 0 Å². The topological polar surface area (TPSA) is 218 Å². The fourth-order valence-electron chi connectivity index (χ4n) is 2.84. The van der Waals surface area contributed by atoms with Gasteiger partial charge in [0.05, 0.1) is 0 Å². The van der Waals surface area contributed by atoms with Crippen molar-refractivity contribution in [2.24, 2.45) is 11.7 Å². The van der Waals surface area contributed by atoms with Crippen LogP contribution in [0.15, 0.2) is 0 Å². The average Bonchev–Trinajstić information content (AvgIpc) is 2.91. The Labute approximate surface area is 144 Å². The van der Waals surface area contributed by atoms with Gasteiger partial charge < -0.3 is 0 Å². The van der Waals surface area contributed by atoms with Gasteiger partial charge in [-0.15, -0.1) is 0 Å². The lowest BCUT2D eigenvalue weighted by Gasteiger charge is -2.36. The van der Waals surface area contributed by atoms with Gasteiger partial charge in [0.2, 0.25) is 13.1 Å². The lowest BCUT2D eigenvalue weighted by atomic mass is 10.3. The Bertz CT molecular complexity index is 605. The van der Waals surface area contributed by atoms with Crippen LogP contribution < -0.4 is 11.7 Å². The predicted octanol–water partition coefficient (Wildman–Crippen LogP) is -3.82. The highest BCUT2D eigenvalue weighted by atomic mass is 16.7. The van der Waals surface area contributed by atoms with Crippen molar-refractivity contribution >= 4 is 6.41 Å². The second kappa shape index (κ2) is 7.03. The van der Waals surface area contributed by atoms with E-state index in [1.165, 1.54) is 6.92 Å². The molecule has 0 aromatic rings. The summed E-state index contributed by atoms with van der Waals surface area (Å²) >= 11 is 0. The van der Waals surface area contributed by atoms with Gasteiger partial charge in [0.1, 0.15) is 12.8 Å². The SMILES string of the molecule is CC1N(N)C2C(N(C=O)CN([N+](=O)[O-])CN1[N+](=O)[O-])N([N+](=O)[O-])CN2N. The van der Waals surface area contributed by atoms with E-state index < -0.39 is 53.6 Å². The van der Waals surface area contributed by atoms with E-state index in [-0.39, 0.29) is 6.41 Å². The molecule has 2 fully saturated rings. The Hall–Kier alpha value is -3.09. The summed E-state index contributed by atoms with van der Waals surface area (Å²) in [7, 11) is 0. The quantitative estimate of drug-likeness (QED) is 0.207. The summed E-state index contributed by atoms with van der Waals surface area (Å²) in [6.45, 7) is -0.788. The van der Waals surface area contributed by atoms with Crippen LogP contribution in [0.2, 0.25) is 0 Å². The van der Waals surface area contributed by atoms with Gasteiger partial charge in [0.15, 0.2) is 34.1 Å². The molecule has 0 bridgehead atoms. The lowest BCUT2D eigenvalue weighted by molar-refractivity contribution is -0.721. The minimum Gasteiger partial charge on any atom is -0.293 e. The summed E-state index contributed by atoms with van der Waals surface area (Å²) in [6.07, 6.45) is -3.75. The number of amides is 1. The Morgan fingerprint density at radius 3 is 1.96 bits per heavy atom. The molecule has 3 unspecified atom stereocenters. The van der Waals surface area contributed by atoms with Crippen LogP contribution in [0.1, 0.15) is 6.92 Å². The van der Waals surface area contributed by atoms with E-state index in [9.17, 15) is 35.1 Å². The van der Waals surface area contributed by atoms with E-state index in [2.05, 4.69) is 0 Å². The molecule has 2 rings (SSSR count). The van der Waals surface area contributed by atoms with Crippen molar-refractivity contribution in [3.8, 4) is 0 Å². The molecule has 0 saturated carbocycles. The zero-order valence-electron chi connectivity index (χ0n) is 13.5. The number of hydrazine groups is 5. The van der Waals surface area contributed by atoms with Crippen molar-refractivity contribution in [3.05, 3.63) is 30.3 Å². The molecule has 2 aliphatic rings. The highest BCUT2D eigenvalue weighted by molar-refractivity contribution is 5.47. The van der Waals surface area contributed by atoms with E-state index in [1.54, 1.807) is 0 Å². The second-order valence-corrected chi connectivity index (χ2v) is 5.56. The van der Waals surface area contributed by atoms with Crippen LogP contribution in [-0.2, 0) is 4.79 Å². The third kappa shape index (κ3) is 3.20. The number of rotatable bonds is 4. The van der Waals surface area contributed by atoms with Gasteiger partial charge in [-0.3, -0.25) is 21.4 Å². The smallest absolute Gasteiger partial charge is 0.213 e. The summed E-state index contributed by atoms with van der Waals surface area (Å²) in [5.74, 6) is 11.7. The normalized spacial score (nSPS) is 28.2. The number of carbonyl (C=O) groups excluding carboxylic acids is 1. The van der Waals surface area contributed by atoms with E-state index >= 15 is 0 Å². The highest BCUT2D eigenvalue weighted by Crippen LogP contribution is 2.26. The first-order chi connectivity index (χ1) is 12.1. The molecule has 0 aromatic heterocycles. The van der Waals surface area contributed by atoms with Crippen molar-refractivity contribution in [3.63, 3.8) is 0 Å². The first-order valence-electron chi connectivity index (χ1n) is 7.06. The van der Waals surface area contributed by atoms with Gasteiger partial charge in [-0.05, 0) is 6.92 Å². The predicted molar refractivity (Wildman–Crippen MR) is 78.1 cm³/mol. The summed E-state index contributed by atoms with van der Waals surface area (Å²) in [4.78, 5) is 46.1. The Morgan fingerprint density at radius 1 is 0.923 bits per heavy atom. The molecule has 0 aliphatic carbocycles. The zero-order valence-corrected chi connectivity index (χ0v) is 13.5. The van der Waals surface area contributed by atoms with Gasteiger partial charge in [-0.1, -0.05) is 15.0 Å². The molecule has 1 amide bonds. The Balaban J connectivity index is 2.55. The molecular weight excluding hydrogens is 362 g/mol. The molecule has 4 N–H and O–H groups in total. The minimum atomic E-state index is -1.42. The average molecular weight is 379 g/mol. The summed E-state index contributed by atoms with van der Waals surface area (Å²) < 4.78 is 0. The molecule has 26 heavy (non-hydrogen) atoms. The standard InChI is InChI=1S/C8H17N11O7/c1-6-14(18(23)24)3-12(17(21)22)2-11(5-20)7-8(16(6)10)13(9)4-15(7)19(25)26/h5-8H,2-4,9-10H2,1H3. The third-order valence-electron chi connectivity index (χ3n) is 4.15. The van der Waals surface area contributed by atoms with Crippen molar-refractivity contribution in [1.29, 1.82) is 0 Å². The number of nitro groups is 3. The van der Waals surface area contributed by atoms with Crippen LogP contribution in [0.3, 0.4) is 0 Å². The number of hydrogen-bond donors (Lipinski definition) is 2. The maximum absolute atomic E-state index is 11.5. The first-order valence-corrected chi connectivity index (χ1v) is 7.06. The van der Waals surface area contributed by atoms with E-state index in [0.29, 0.717) is 15.0 Å². The molecule has 0 spiro atoms. The molecule has 3 atom stereocenters. The van der Waals surface area contributed by atoms with E-state index in [0.717, 1.165) is 14.9 Å². The largest absolute Gasteiger partial charge is 0.293 e. The van der Waals surface area contributed by atoms with E-state index in [1.807, 2.05) is 0 Å². The number of fused-ring (bicyclic) bond motifs is 1. The van der Waals surface area contributed by atoms with Crippen LogP contribution in [0.5, 0.6) is 0 Å². The van der Waals surface area contributed by atoms with E-state index in [4.69, 9.17) is 11.7 Å². The second-order valence-electron chi connectivity index (χ2n) is 5.56. The molecule has 2 saturated heterocycles. The fraction of sp³-hybridized carbons (Fsp3) is 0.875. The van der Waals surface area contributed by atoms with Crippen molar-refractivity contribution in [2.45, 2.75) is 25.4 Å². The van der Waals surface area contributed by atoms with Gasteiger partial charge >= 0.3 is 0 Å². The van der Waals surface area contributed by atoms with Crippen LogP contribution in [-0.4, -0.2) is 90.0 Å². The maximum atomic E-state index is 11.5. The van der Waals surface area contributed by atoms with Crippen LogP contribution in [0.25, 0.3) is 0 Å². The minimum absolute atomic E-state index is 0.157. The number of hydrogen-bond acceptors (Lipinski definition) is 11. The zero-order chi connectivity index (χ0) is 19.8. The third-order valence-corrected chi connectivity index (χ3v) is 4.15. The number of nitrogens with zero attached hydrogens (tertiary/aromatic N) is 9. The monoisotopic (exact) mass is 379 g/mol. The van der Waals surface area contributed by atoms with Gasteiger partial charge in [0, 0.05) is 0 Å². The summed E-state index contributed by atoms with van der Waals surface area (Å²) in [5.41, 5.74) is 0. The molecule has 2 heterocycles. The van der Waals surface area contributed by atoms with Gasteiger partial charge in [-0.2, -0.15) is 10.0 Å². The molecule has 18 heteroatoms. The molecule has 0 aromatic carbocycles. The highest BCUT2D eigenvalue weighted by Gasteiger charge is 2.54. The number of carbonyl (C=O) groups is 1. The van der Waals surface area contributed by atoms with Crippen molar-refractivity contribution in [1.82, 2.24) is 29.9 Å². The van der Waals surface area contributed by atoms with Gasteiger partial charge in [-0.25, -0.2) is 30.3 Å². The molecule has 18 nitrogen and oxygen atoms in total. The first kappa shape index (κ1) is 19.2. The van der Waals surface area contributed by atoms with Crippen molar-refractivity contribution in [2.75, 3.05) is 20.0 Å². The molecular formula is C8H17N11O7. The van der Waals surface area contributed by atoms with Gasteiger partial charge in [0.25, 0.3) is 0 Å². The summed E-state index contributed by atoms with van der Waals surface area (Å²) in [5, 5.41) is 34.3. The van der Waals surface area contributed by atoms with Crippen LogP contribution in [0.4, 0.5) is 0 Å². The van der Waals surface area contributed by atoms with Crippen LogP contribution in [0, 0.1) is 30.3 Å². The van der Waals surface area contributed by atoms with Crippen molar-refractivity contribution < 1.29 is 19.9 Å². The lowest BCUT2D eigenvalue weighted by Crippen LogP contribution is -2.65. The molecule has 0 radical (unpaired) electrons. The molecule has 2 aliphatic heterocycles. The Morgan fingerprint density at radius 2 is 1.50 bits per heavy atom. The maximum Gasteiger partial charge on any atom is 0.213 e. The fourth-order valence-corrected chi connectivity index (χ4v) is 2.84. The Kier molecular flexibility index (Phi) is 5.20. The summed E-state index contributed by atoms with van der Waals surface area (Å²) in [6, 6.07) is 0. The molecule has 146 valence electrons. The number of nitrogens with two attached hydrogens (primary N) is 2.